The minimum absolute atomic E-state index is 0.152. The molecule has 0 aliphatic heterocycles. The second-order valence-corrected chi connectivity index (χ2v) is 1.53. The zero-order chi connectivity index (χ0) is 4.99. The number of alkyl halides is 2. The highest BCUT2D eigenvalue weighted by Gasteiger charge is 1.86. The molecule has 0 aromatic heterocycles. The van der Waals surface area contributed by atoms with Crippen molar-refractivity contribution in [2.75, 3.05) is 0 Å². The maximum Gasteiger partial charge on any atom is 0.175 e. The van der Waals surface area contributed by atoms with E-state index in [1.54, 1.807) is 0 Å². The van der Waals surface area contributed by atoms with Gasteiger partial charge in [0.2, 0.25) is 0 Å². The molecule has 0 bridgehead atoms. The summed E-state index contributed by atoms with van der Waals surface area (Å²) < 4.78 is 22.1. The van der Waals surface area contributed by atoms with Crippen LogP contribution in [-0.4, -0.2) is 5.08 Å². The SMILES string of the molecule is FC=CC(F)Br. The number of hydrogen-bond donors (Lipinski definition) is 0. The van der Waals surface area contributed by atoms with Crippen molar-refractivity contribution in [3.8, 4) is 0 Å². The summed E-state index contributed by atoms with van der Waals surface area (Å²) in [6.07, 6.45) is 0.902. The van der Waals surface area contributed by atoms with Gasteiger partial charge in [-0.3, -0.25) is 0 Å². The van der Waals surface area contributed by atoms with Gasteiger partial charge in [0.1, 0.15) is 0 Å². The summed E-state index contributed by atoms with van der Waals surface area (Å²) in [6, 6.07) is 0. The van der Waals surface area contributed by atoms with Crippen molar-refractivity contribution in [1.82, 2.24) is 0 Å². The molecule has 0 aromatic rings. The van der Waals surface area contributed by atoms with Gasteiger partial charge in [-0.1, -0.05) is 0 Å². The van der Waals surface area contributed by atoms with Crippen LogP contribution >= 0.6 is 15.9 Å². The lowest BCUT2D eigenvalue weighted by molar-refractivity contribution is 0.522. The molecule has 1 atom stereocenters. The first-order valence-electron chi connectivity index (χ1n) is 1.32. The molecule has 3 heteroatoms. The predicted molar refractivity (Wildman–Crippen MR) is 24.1 cm³/mol. The summed E-state index contributed by atoms with van der Waals surface area (Å²) >= 11 is 2.44. The minimum atomic E-state index is -1.34. The molecule has 1 unspecified atom stereocenters. The molecule has 0 amide bonds. The summed E-state index contributed by atoms with van der Waals surface area (Å²) in [5.41, 5.74) is 0. The van der Waals surface area contributed by atoms with Gasteiger partial charge in [-0.25, -0.2) is 8.78 Å². The van der Waals surface area contributed by atoms with E-state index in [0.717, 1.165) is 6.08 Å². The van der Waals surface area contributed by atoms with Crippen LogP contribution < -0.4 is 0 Å². The van der Waals surface area contributed by atoms with Crippen LogP contribution in [0.15, 0.2) is 12.4 Å². The van der Waals surface area contributed by atoms with E-state index >= 15 is 0 Å². The van der Waals surface area contributed by atoms with Gasteiger partial charge in [0, 0.05) is 0 Å². The highest BCUT2D eigenvalue weighted by Crippen LogP contribution is 2.00. The summed E-state index contributed by atoms with van der Waals surface area (Å²) in [5, 5.41) is -1.34. The molecule has 0 aromatic carbocycles. The van der Waals surface area contributed by atoms with Crippen molar-refractivity contribution in [3.05, 3.63) is 12.4 Å². The Balaban J connectivity index is 3.03. The second-order valence-electron chi connectivity index (χ2n) is 0.653. The normalized spacial score (nSPS) is 15.8. The van der Waals surface area contributed by atoms with Gasteiger partial charge in [0.25, 0.3) is 0 Å². The maximum atomic E-state index is 11.3. The Hall–Kier alpha value is 0.0800. The first-order valence-corrected chi connectivity index (χ1v) is 2.24. The Morgan fingerprint density at radius 2 is 2.17 bits per heavy atom. The lowest BCUT2D eigenvalue weighted by Crippen LogP contribution is -1.72. The van der Waals surface area contributed by atoms with E-state index in [2.05, 4.69) is 15.9 Å². The highest BCUT2D eigenvalue weighted by atomic mass is 79.9. The van der Waals surface area contributed by atoms with Gasteiger partial charge in [-0.05, 0) is 22.0 Å². The molecular formula is C3H3BrF2. The van der Waals surface area contributed by atoms with Crippen LogP contribution in [0.4, 0.5) is 8.78 Å². The topological polar surface area (TPSA) is 0 Å². The van der Waals surface area contributed by atoms with E-state index in [1.807, 2.05) is 0 Å². The van der Waals surface area contributed by atoms with E-state index in [-0.39, 0.29) is 6.33 Å². The Morgan fingerprint density at radius 3 is 2.17 bits per heavy atom. The van der Waals surface area contributed by atoms with Gasteiger partial charge in [0.15, 0.2) is 5.08 Å². The minimum Gasteiger partial charge on any atom is -0.230 e. The molecule has 0 aliphatic carbocycles. The Bertz CT molecular complexity index is 50.8. The largest absolute Gasteiger partial charge is 0.230 e. The third-order valence-electron chi connectivity index (χ3n) is 0.218. The number of hydrogen-bond acceptors (Lipinski definition) is 0. The van der Waals surface area contributed by atoms with Gasteiger partial charge >= 0.3 is 0 Å². The maximum absolute atomic E-state index is 11.3. The molecule has 6 heavy (non-hydrogen) atoms. The smallest absolute Gasteiger partial charge is 0.175 e. The second kappa shape index (κ2) is 3.28. The van der Waals surface area contributed by atoms with Crippen molar-refractivity contribution >= 4 is 15.9 Å². The van der Waals surface area contributed by atoms with Crippen molar-refractivity contribution in [3.63, 3.8) is 0 Å². The van der Waals surface area contributed by atoms with E-state index < -0.39 is 5.08 Å². The molecule has 0 rings (SSSR count). The van der Waals surface area contributed by atoms with Crippen molar-refractivity contribution < 1.29 is 8.78 Å². The zero-order valence-electron chi connectivity index (χ0n) is 2.87. The van der Waals surface area contributed by atoms with E-state index in [1.165, 1.54) is 0 Å². The van der Waals surface area contributed by atoms with Crippen LogP contribution in [0.5, 0.6) is 0 Å². The molecular weight excluding hydrogens is 154 g/mol. The van der Waals surface area contributed by atoms with Crippen LogP contribution in [0, 0.1) is 0 Å². The third-order valence-corrected chi connectivity index (χ3v) is 0.523. The van der Waals surface area contributed by atoms with Crippen LogP contribution in [0.25, 0.3) is 0 Å². The van der Waals surface area contributed by atoms with E-state index in [4.69, 9.17) is 0 Å². The fourth-order valence-corrected chi connectivity index (χ4v) is 0.170. The third kappa shape index (κ3) is 4.08. The van der Waals surface area contributed by atoms with Gasteiger partial charge < -0.3 is 0 Å². The van der Waals surface area contributed by atoms with Gasteiger partial charge in [0.05, 0.1) is 6.33 Å². The summed E-state index contributed by atoms with van der Waals surface area (Å²) in [5.74, 6) is 0. The fourth-order valence-electron chi connectivity index (χ4n) is 0.0550. The fraction of sp³-hybridized carbons (Fsp3) is 0.333. The van der Waals surface area contributed by atoms with Crippen LogP contribution in [0.2, 0.25) is 0 Å². The standard InChI is InChI=1S/C3H3BrF2/c4-3(6)1-2-5/h1-3H. The first-order chi connectivity index (χ1) is 2.77. The number of halogens is 3. The monoisotopic (exact) mass is 156 g/mol. The van der Waals surface area contributed by atoms with E-state index in [9.17, 15) is 8.78 Å². The lowest BCUT2D eigenvalue weighted by atomic mass is 10.7. The Labute approximate surface area is 43.0 Å². The number of allylic oxidation sites excluding steroid dienone is 1. The van der Waals surface area contributed by atoms with Crippen LogP contribution in [0.3, 0.4) is 0 Å². The highest BCUT2D eigenvalue weighted by molar-refractivity contribution is 9.09. The van der Waals surface area contributed by atoms with Crippen LogP contribution in [-0.2, 0) is 0 Å². The summed E-state index contributed by atoms with van der Waals surface area (Å²) in [4.78, 5) is 0. The van der Waals surface area contributed by atoms with Gasteiger partial charge in [-0.2, -0.15) is 0 Å². The average molecular weight is 157 g/mol. The number of rotatable bonds is 1. The summed E-state index contributed by atoms with van der Waals surface area (Å²) in [7, 11) is 0. The quantitative estimate of drug-likeness (QED) is 0.511. The molecule has 0 radical (unpaired) electrons. The van der Waals surface area contributed by atoms with Crippen molar-refractivity contribution in [1.29, 1.82) is 0 Å². The first kappa shape index (κ1) is 6.08. The van der Waals surface area contributed by atoms with Gasteiger partial charge in [-0.15, -0.1) is 0 Å². The van der Waals surface area contributed by atoms with Crippen LogP contribution in [0.1, 0.15) is 0 Å². The zero-order valence-corrected chi connectivity index (χ0v) is 4.45. The molecule has 0 N–H and O–H groups in total. The molecule has 0 fully saturated rings. The Kier molecular flexibility index (Phi) is 3.32. The lowest BCUT2D eigenvalue weighted by Gasteiger charge is -1.78. The summed E-state index contributed by atoms with van der Waals surface area (Å²) in [6.45, 7) is 0. The van der Waals surface area contributed by atoms with Crippen molar-refractivity contribution in [2.45, 2.75) is 5.08 Å². The molecule has 36 valence electrons. The Morgan fingerprint density at radius 1 is 1.67 bits per heavy atom. The molecule has 0 saturated heterocycles. The molecule has 0 heterocycles. The molecule has 0 aliphatic rings. The average Bonchev–Trinajstić information content (AvgIpc) is 1.35. The molecule has 0 nitrogen and oxygen atoms in total. The van der Waals surface area contributed by atoms with E-state index in [0.29, 0.717) is 0 Å². The molecule has 0 saturated carbocycles. The molecule has 0 spiro atoms. The van der Waals surface area contributed by atoms with Crippen molar-refractivity contribution in [2.24, 2.45) is 0 Å². The predicted octanol–water partition coefficient (Wildman–Crippen LogP) is 2.16.